The van der Waals surface area contributed by atoms with Crippen molar-refractivity contribution < 1.29 is 19.1 Å². The van der Waals surface area contributed by atoms with Crippen LogP contribution in [0.25, 0.3) is 0 Å². The van der Waals surface area contributed by atoms with Crippen LogP contribution in [0.15, 0.2) is 48.5 Å². The van der Waals surface area contributed by atoms with Crippen LogP contribution in [0.1, 0.15) is 18.9 Å². The largest absolute Gasteiger partial charge is 0.493 e. The lowest BCUT2D eigenvalue weighted by molar-refractivity contribution is -0.136. The molecule has 0 bridgehead atoms. The molecule has 0 aromatic heterocycles. The van der Waals surface area contributed by atoms with Gasteiger partial charge in [-0.05, 0) is 24.6 Å². The average Bonchev–Trinajstić information content (AvgIpc) is 3.13. The van der Waals surface area contributed by atoms with E-state index in [0.717, 1.165) is 5.56 Å². The van der Waals surface area contributed by atoms with Crippen molar-refractivity contribution in [2.75, 3.05) is 32.2 Å². The van der Waals surface area contributed by atoms with Gasteiger partial charge in [-0.2, -0.15) is 0 Å². The standard InChI is InChI=1S/C22H26N2O4/c1-4-23(14-16-8-6-5-7-9-16)22(26)17-12-21(25)24(15-17)18-10-11-19(27-2)20(13-18)28-3/h5-11,13,17H,4,12,14-15H2,1-3H3. The number of hydrogen-bond acceptors (Lipinski definition) is 4. The summed E-state index contributed by atoms with van der Waals surface area (Å²) in [5, 5.41) is 0. The van der Waals surface area contributed by atoms with Crippen molar-refractivity contribution in [3.63, 3.8) is 0 Å². The molecule has 28 heavy (non-hydrogen) atoms. The number of anilines is 1. The Kier molecular flexibility index (Phi) is 6.19. The van der Waals surface area contributed by atoms with Crippen LogP contribution in [0.5, 0.6) is 11.5 Å². The summed E-state index contributed by atoms with van der Waals surface area (Å²) in [6.07, 6.45) is 0.221. The van der Waals surface area contributed by atoms with E-state index < -0.39 is 0 Å². The molecular formula is C22H26N2O4. The third kappa shape index (κ3) is 4.11. The molecule has 1 atom stereocenters. The van der Waals surface area contributed by atoms with E-state index in [9.17, 15) is 9.59 Å². The van der Waals surface area contributed by atoms with Crippen LogP contribution in [-0.4, -0.2) is 44.0 Å². The summed E-state index contributed by atoms with van der Waals surface area (Å²) in [7, 11) is 3.13. The molecule has 1 fully saturated rings. The van der Waals surface area contributed by atoms with Crippen LogP contribution < -0.4 is 14.4 Å². The van der Waals surface area contributed by atoms with Crippen LogP contribution in [0.3, 0.4) is 0 Å². The second kappa shape index (κ2) is 8.78. The Morgan fingerprint density at radius 1 is 1.11 bits per heavy atom. The van der Waals surface area contributed by atoms with Gasteiger partial charge in [0.25, 0.3) is 0 Å². The minimum Gasteiger partial charge on any atom is -0.493 e. The summed E-state index contributed by atoms with van der Waals surface area (Å²) >= 11 is 0. The molecule has 1 aliphatic heterocycles. The van der Waals surface area contributed by atoms with Crippen molar-refractivity contribution in [3.05, 3.63) is 54.1 Å². The fourth-order valence-electron chi connectivity index (χ4n) is 3.52. The van der Waals surface area contributed by atoms with Crippen LogP contribution in [0, 0.1) is 5.92 Å². The normalized spacial score (nSPS) is 16.2. The van der Waals surface area contributed by atoms with Gasteiger partial charge in [0.1, 0.15) is 0 Å². The molecule has 0 N–H and O–H groups in total. The first-order chi connectivity index (χ1) is 13.6. The molecule has 2 aromatic rings. The molecule has 148 valence electrons. The first kappa shape index (κ1) is 19.7. The zero-order chi connectivity index (χ0) is 20.1. The Bertz CT molecular complexity index is 838. The summed E-state index contributed by atoms with van der Waals surface area (Å²) in [5.41, 5.74) is 1.79. The highest BCUT2D eigenvalue weighted by atomic mass is 16.5. The molecule has 2 aromatic carbocycles. The number of rotatable bonds is 7. The Labute approximate surface area is 165 Å². The number of hydrogen-bond donors (Lipinski definition) is 0. The fourth-order valence-corrected chi connectivity index (χ4v) is 3.52. The van der Waals surface area contributed by atoms with E-state index in [1.165, 1.54) is 0 Å². The first-order valence-corrected chi connectivity index (χ1v) is 9.42. The maximum Gasteiger partial charge on any atom is 0.228 e. The summed E-state index contributed by atoms with van der Waals surface area (Å²) in [5.74, 6) is 0.778. The van der Waals surface area contributed by atoms with E-state index in [4.69, 9.17) is 9.47 Å². The second-order valence-corrected chi connectivity index (χ2v) is 6.78. The third-order valence-electron chi connectivity index (χ3n) is 5.06. The Balaban J connectivity index is 1.73. The molecule has 1 heterocycles. The lowest BCUT2D eigenvalue weighted by Gasteiger charge is -2.24. The van der Waals surface area contributed by atoms with Crippen LogP contribution in [0.2, 0.25) is 0 Å². The molecule has 6 heteroatoms. The highest BCUT2D eigenvalue weighted by Gasteiger charge is 2.37. The van der Waals surface area contributed by atoms with Gasteiger partial charge in [-0.1, -0.05) is 30.3 Å². The minimum absolute atomic E-state index is 0.0164. The van der Waals surface area contributed by atoms with Crippen LogP contribution in [0.4, 0.5) is 5.69 Å². The van der Waals surface area contributed by atoms with Gasteiger partial charge in [0.05, 0.1) is 20.1 Å². The smallest absolute Gasteiger partial charge is 0.228 e. The molecule has 0 radical (unpaired) electrons. The quantitative estimate of drug-likeness (QED) is 0.738. The monoisotopic (exact) mass is 382 g/mol. The van der Waals surface area contributed by atoms with E-state index in [1.807, 2.05) is 48.2 Å². The molecule has 6 nitrogen and oxygen atoms in total. The molecule has 0 saturated carbocycles. The zero-order valence-corrected chi connectivity index (χ0v) is 16.6. The maximum absolute atomic E-state index is 13.0. The summed E-state index contributed by atoms with van der Waals surface area (Å²) in [6.45, 7) is 3.49. The van der Waals surface area contributed by atoms with Gasteiger partial charge in [-0.3, -0.25) is 9.59 Å². The molecule has 3 rings (SSSR count). The van der Waals surface area contributed by atoms with Gasteiger partial charge in [-0.25, -0.2) is 0 Å². The number of carbonyl (C=O) groups excluding carboxylic acids is 2. The third-order valence-corrected chi connectivity index (χ3v) is 5.06. The molecule has 1 unspecified atom stereocenters. The zero-order valence-electron chi connectivity index (χ0n) is 16.6. The van der Waals surface area contributed by atoms with Crippen molar-refractivity contribution in [1.82, 2.24) is 4.90 Å². The molecule has 0 spiro atoms. The predicted octanol–water partition coefficient (Wildman–Crippen LogP) is 3.11. The molecule has 0 aliphatic carbocycles. The lowest BCUT2D eigenvalue weighted by Crippen LogP contribution is -2.37. The van der Waals surface area contributed by atoms with Gasteiger partial charge in [-0.15, -0.1) is 0 Å². The van der Waals surface area contributed by atoms with Crippen molar-refractivity contribution in [2.24, 2.45) is 5.92 Å². The number of carbonyl (C=O) groups is 2. The van der Waals surface area contributed by atoms with Crippen molar-refractivity contribution in [2.45, 2.75) is 19.9 Å². The molecule has 1 saturated heterocycles. The van der Waals surface area contributed by atoms with E-state index in [0.29, 0.717) is 36.8 Å². The number of nitrogens with zero attached hydrogens (tertiary/aromatic N) is 2. The number of methoxy groups -OCH3 is 2. The van der Waals surface area contributed by atoms with E-state index in [-0.39, 0.29) is 24.2 Å². The SMILES string of the molecule is CCN(Cc1ccccc1)C(=O)C1CC(=O)N(c2ccc(OC)c(OC)c2)C1. The van der Waals surface area contributed by atoms with Crippen LogP contribution >= 0.6 is 0 Å². The maximum atomic E-state index is 13.0. The van der Waals surface area contributed by atoms with Gasteiger partial charge in [0.2, 0.25) is 11.8 Å². The average molecular weight is 382 g/mol. The Hall–Kier alpha value is -3.02. The minimum atomic E-state index is -0.343. The van der Waals surface area contributed by atoms with E-state index >= 15 is 0 Å². The van der Waals surface area contributed by atoms with Crippen molar-refractivity contribution >= 4 is 17.5 Å². The second-order valence-electron chi connectivity index (χ2n) is 6.78. The highest BCUT2D eigenvalue weighted by Crippen LogP contribution is 2.34. The summed E-state index contributed by atoms with van der Waals surface area (Å²) in [4.78, 5) is 29.1. The van der Waals surface area contributed by atoms with E-state index in [1.54, 1.807) is 31.3 Å². The number of amides is 2. The van der Waals surface area contributed by atoms with Gasteiger partial charge in [0, 0.05) is 37.8 Å². The molecular weight excluding hydrogens is 356 g/mol. The van der Waals surface area contributed by atoms with Gasteiger partial charge >= 0.3 is 0 Å². The lowest BCUT2D eigenvalue weighted by atomic mass is 10.1. The number of ether oxygens (including phenoxy) is 2. The topological polar surface area (TPSA) is 59.1 Å². The Morgan fingerprint density at radius 2 is 1.82 bits per heavy atom. The molecule has 2 amide bonds. The highest BCUT2D eigenvalue weighted by molar-refractivity contribution is 6.00. The van der Waals surface area contributed by atoms with Crippen molar-refractivity contribution in [3.8, 4) is 11.5 Å². The Morgan fingerprint density at radius 3 is 2.46 bits per heavy atom. The summed E-state index contributed by atoms with van der Waals surface area (Å²) in [6, 6.07) is 15.2. The summed E-state index contributed by atoms with van der Waals surface area (Å²) < 4.78 is 10.6. The van der Waals surface area contributed by atoms with Crippen molar-refractivity contribution in [1.29, 1.82) is 0 Å². The first-order valence-electron chi connectivity index (χ1n) is 9.42. The molecule has 1 aliphatic rings. The predicted molar refractivity (Wildman–Crippen MR) is 108 cm³/mol. The fraction of sp³-hybridized carbons (Fsp3) is 0.364. The number of benzene rings is 2. The van der Waals surface area contributed by atoms with Gasteiger partial charge < -0.3 is 19.3 Å². The van der Waals surface area contributed by atoms with Gasteiger partial charge in [0.15, 0.2) is 11.5 Å². The van der Waals surface area contributed by atoms with Crippen LogP contribution in [-0.2, 0) is 16.1 Å². The van der Waals surface area contributed by atoms with E-state index in [2.05, 4.69) is 0 Å².